The predicted molar refractivity (Wildman–Crippen MR) is 119 cm³/mol. The number of nitrogens with zero attached hydrogens (tertiary/aromatic N) is 1. The Morgan fingerprint density at radius 1 is 1.21 bits per heavy atom. The second kappa shape index (κ2) is 9.07. The standard InChI is InChI=1S/C20H17BrFNO3S2/c1-3-25-16-9-12(8-15(21)18(16)26-4-2)10-17-19(24)23(20(27)28-17)14-7-5-6-13(22)11-14/h5-11H,3-4H2,1-2H3/b17-10-. The van der Waals surface area contributed by atoms with E-state index in [9.17, 15) is 9.18 Å². The van der Waals surface area contributed by atoms with Crippen molar-refractivity contribution in [2.24, 2.45) is 0 Å². The van der Waals surface area contributed by atoms with Gasteiger partial charge in [-0.3, -0.25) is 9.69 Å². The lowest BCUT2D eigenvalue weighted by atomic mass is 10.1. The van der Waals surface area contributed by atoms with Crippen LogP contribution >= 0.6 is 39.9 Å². The SMILES string of the molecule is CCOc1cc(/C=C2\SC(=S)N(c3cccc(F)c3)C2=O)cc(Br)c1OCC. The maximum absolute atomic E-state index is 13.5. The Labute approximate surface area is 180 Å². The number of carbonyl (C=O) groups excluding carboxylic acids is 1. The van der Waals surface area contributed by atoms with Crippen molar-refractivity contribution in [2.45, 2.75) is 13.8 Å². The van der Waals surface area contributed by atoms with E-state index < -0.39 is 5.82 Å². The lowest BCUT2D eigenvalue weighted by molar-refractivity contribution is -0.113. The summed E-state index contributed by atoms with van der Waals surface area (Å²) in [6, 6.07) is 9.47. The summed E-state index contributed by atoms with van der Waals surface area (Å²) in [6.45, 7) is 4.77. The Morgan fingerprint density at radius 3 is 2.64 bits per heavy atom. The van der Waals surface area contributed by atoms with Gasteiger partial charge in [0.15, 0.2) is 15.8 Å². The molecule has 3 rings (SSSR count). The van der Waals surface area contributed by atoms with E-state index >= 15 is 0 Å². The van der Waals surface area contributed by atoms with Crippen molar-refractivity contribution in [2.75, 3.05) is 18.1 Å². The molecule has 1 saturated heterocycles. The molecule has 0 radical (unpaired) electrons. The highest BCUT2D eigenvalue weighted by Gasteiger charge is 2.33. The van der Waals surface area contributed by atoms with Gasteiger partial charge in [0.25, 0.3) is 5.91 Å². The summed E-state index contributed by atoms with van der Waals surface area (Å²) in [4.78, 5) is 14.6. The van der Waals surface area contributed by atoms with Crippen LogP contribution < -0.4 is 14.4 Å². The zero-order chi connectivity index (χ0) is 20.3. The third-order valence-corrected chi connectivity index (χ3v) is 5.67. The average Bonchev–Trinajstić information content (AvgIpc) is 2.91. The summed E-state index contributed by atoms with van der Waals surface area (Å²) >= 11 is 10.0. The van der Waals surface area contributed by atoms with Crippen LogP contribution in [0.2, 0.25) is 0 Å². The van der Waals surface area contributed by atoms with E-state index in [1.54, 1.807) is 18.2 Å². The fraction of sp³-hybridized carbons (Fsp3) is 0.200. The lowest BCUT2D eigenvalue weighted by Crippen LogP contribution is -2.27. The van der Waals surface area contributed by atoms with Gasteiger partial charge in [-0.05, 0) is 71.7 Å². The van der Waals surface area contributed by atoms with Crippen LogP contribution in [-0.2, 0) is 4.79 Å². The van der Waals surface area contributed by atoms with Gasteiger partial charge in [-0.25, -0.2) is 4.39 Å². The minimum atomic E-state index is -0.424. The molecule has 0 saturated carbocycles. The number of anilines is 1. The number of amides is 1. The van der Waals surface area contributed by atoms with Gasteiger partial charge in [0.2, 0.25) is 0 Å². The molecule has 2 aromatic rings. The Bertz CT molecular complexity index is 964. The molecule has 0 bridgehead atoms. The fourth-order valence-electron chi connectivity index (χ4n) is 2.68. The quantitative estimate of drug-likeness (QED) is 0.385. The lowest BCUT2D eigenvalue weighted by Gasteiger charge is -2.14. The molecule has 1 aliphatic rings. The summed E-state index contributed by atoms with van der Waals surface area (Å²) < 4.78 is 25.9. The highest BCUT2D eigenvalue weighted by molar-refractivity contribution is 9.10. The van der Waals surface area contributed by atoms with Crippen molar-refractivity contribution in [1.82, 2.24) is 0 Å². The maximum Gasteiger partial charge on any atom is 0.270 e. The predicted octanol–water partition coefficient (Wildman–Crippen LogP) is 5.79. The van der Waals surface area contributed by atoms with Crippen LogP contribution in [0, 0.1) is 5.82 Å². The van der Waals surface area contributed by atoms with Gasteiger partial charge in [-0.2, -0.15) is 0 Å². The molecule has 0 aliphatic carbocycles. The number of hydrogen-bond donors (Lipinski definition) is 0. The first kappa shape index (κ1) is 20.8. The Kier molecular flexibility index (Phi) is 6.74. The molecule has 0 aromatic heterocycles. The molecular weight excluding hydrogens is 465 g/mol. The first-order valence-corrected chi connectivity index (χ1v) is 10.6. The number of ether oxygens (including phenoxy) is 2. The number of rotatable bonds is 6. The van der Waals surface area contributed by atoms with Gasteiger partial charge >= 0.3 is 0 Å². The van der Waals surface area contributed by atoms with E-state index in [1.807, 2.05) is 26.0 Å². The summed E-state index contributed by atoms with van der Waals surface area (Å²) in [5.74, 6) is 0.496. The van der Waals surface area contributed by atoms with Gasteiger partial charge < -0.3 is 9.47 Å². The van der Waals surface area contributed by atoms with Crippen molar-refractivity contribution >= 4 is 61.9 Å². The average molecular weight is 482 g/mol. The van der Waals surface area contributed by atoms with E-state index in [0.29, 0.717) is 39.6 Å². The van der Waals surface area contributed by atoms with E-state index in [4.69, 9.17) is 21.7 Å². The van der Waals surface area contributed by atoms with Crippen molar-refractivity contribution < 1.29 is 18.7 Å². The zero-order valence-corrected chi connectivity index (χ0v) is 18.4. The third-order valence-electron chi connectivity index (χ3n) is 3.78. The maximum atomic E-state index is 13.5. The first-order valence-electron chi connectivity index (χ1n) is 8.57. The molecule has 0 spiro atoms. The molecule has 28 heavy (non-hydrogen) atoms. The van der Waals surface area contributed by atoms with E-state index in [2.05, 4.69) is 15.9 Å². The van der Waals surface area contributed by atoms with Crippen molar-refractivity contribution in [3.8, 4) is 11.5 Å². The van der Waals surface area contributed by atoms with Crippen LogP contribution in [0.25, 0.3) is 6.08 Å². The van der Waals surface area contributed by atoms with Gasteiger partial charge in [0.05, 0.1) is 28.3 Å². The van der Waals surface area contributed by atoms with Gasteiger partial charge in [0, 0.05) is 0 Å². The third kappa shape index (κ3) is 4.39. The number of thiocarbonyl (C=S) groups is 1. The Hall–Kier alpha value is -1.90. The molecule has 1 fully saturated rings. The number of carbonyl (C=O) groups is 1. The highest BCUT2D eigenvalue weighted by atomic mass is 79.9. The minimum Gasteiger partial charge on any atom is -0.490 e. The molecule has 2 aromatic carbocycles. The Morgan fingerprint density at radius 2 is 1.96 bits per heavy atom. The van der Waals surface area contributed by atoms with E-state index in [1.165, 1.54) is 28.8 Å². The van der Waals surface area contributed by atoms with Gasteiger partial charge in [0.1, 0.15) is 5.82 Å². The summed E-state index contributed by atoms with van der Waals surface area (Å²) in [5.41, 5.74) is 1.17. The van der Waals surface area contributed by atoms with Crippen molar-refractivity contribution in [3.05, 3.63) is 57.2 Å². The Balaban J connectivity index is 1.95. The summed E-state index contributed by atoms with van der Waals surface area (Å²) in [5, 5.41) is 0. The molecule has 1 aliphatic heterocycles. The van der Waals surface area contributed by atoms with E-state index in [-0.39, 0.29) is 5.91 Å². The van der Waals surface area contributed by atoms with Crippen LogP contribution in [-0.4, -0.2) is 23.4 Å². The topological polar surface area (TPSA) is 38.8 Å². The molecule has 0 N–H and O–H groups in total. The number of benzene rings is 2. The monoisotopic (exact) mass is 481 g/mol. The molecule has 1 amide bonds. The highest BCUT2D eigenvalue weighted by Crippen LogP contribution is 2.40. The van der Waals surface area contributed by atoms with Crippen LogP contribution in [0.1, 0.15) is 19.4 Å². The van der Waals surface area contributed by atoms with Crippen molar-refractivity contribution in [1.29, 1.82) is 0 Å². The van der Waals surface area contributed by atoms with Gasteiger partial charge in [-0.15, -0.1) is 0 Å². The smallest absolute Gasteiger partial charge is 0.270 e. The number of halogens is 2. The van der Waals surface area contributed by atoms with Crippen LogP contribution in [0.3, 0.4) is 0 Å². The normalized spacial score (nSPS) is 15.4. The van der Waals surface area contributed by atoms with Crippen molar-refractivity contribution in [3.63, 3.8) is 0 Å². The van der Waals surface area contributed by atoms with Gasteiger partial charge in [-0.1, -0.05) is 30.0 Å². The molecule has 8 heteroatoms. The number of hydrogen-bond acceptors (Lipinski definition) is 5. The molecule has 1 heterocycles. The van der Waals surface area contributed by atoms with E-state index in [0.717, 1.165) is 10.0 Å². The summed E-state index contributed by atoms with van der Waals surface area (Å²) in [6.07, 6.45) is 1.74. The minimum absolute atomic E-state index is 0.288. The van der Waals surface area contributed by atoms with Crippen LogP contribution in [0.4, 0.5) is 10.1 Å². The number of thioether (sulfide) groups is 1. The molecule has 0 unspecified atom stereocenters. The fourth-order valence-corrected chi connectivity index (χ4v) is 4.55. The largest absolute Gasteiger partial charge is 0.490 e. The molecule has 146 valence electrons. The van der Waals surface area contributed by atoms with Crippen LogP contribution in [0.15, 0.2) is 45.8 Å². The molecular formula is C20H17BrFNO3S2. The second-order valence-electron chi connectivity index (χ2n) is 5.69. The molecule has 4 nitrogen and oxygen atoms in total. The zero-order valence-electron chi connectivity index (χ0n) is 15.2. The van der Waals surface area contributed by atoms with Crippen LogP contribution in [0.5, 0.6) is 11.5 Å². The first-order chi connectivity index (χ1) is 13.4. The molecule has 0 atom stereocenters. The second-order valence-corrected chi connectivity index (χ2v) is 8.22. The summed E-state index contributed by atoms with van der Waals surface area (Å²) in [7, 11) is 0.